The van der Waals surface area contributed by atoms with Crippen LogP contribution in [0.5, 0.6) is 0 Å². The van der Waals surface area contributed by atoms with Gasteiger partial charge in [-0.25, -0.2) is 9.54 Å². The van der Waals surface area contributed by atoms with Gasteiger partial charge in [-0.1, -0.05) is 8.93 Å². The Hall–Kier alpha value is -0.100. The van der Waals surface area contributed by atoms with Crippen molar-refractivity contribution in [3.05, 3.63) is 0 Å². The maximum atomic E-state index is 10.6. The molecule has 0 spiro atoms. The number of carbonyl (C=O) groups excluding carboxylic acids is 1. The molecule has 5 nitrogen and oxygen atoms in total. The number of carboxylic acids is 1. The lowest BCUT2D eigenvalue weighted by atomic mass is 10.2. The first kappa shape index (κ1) is 11.9. The minimum Gasteiger partial charge on any atom is -0.480 e. The zero-order valence-electron chi connectivity index (χ0n) is 6.01. The third-order valence-corrected chi connectivity index (χ3v) is 2.06. The zero-order valence-corrected chi connectivity index (χ0v) is 9.21. The molecule has 0 aliphatic rings. The summed E-state index contributed by atoms with van der Waals surface area (Å²) in [5.74, 6) is -1.73. The standard InChI is InChI=1S/C4H8NO4P3/c6-3(9-10)1-2(4(7)8)5-12-11/h2H,1,10-11H2,(H,7,8)/t2-/m0/s1. The van der Waals surface area contributed by atoms with Gasteiger partial charge in [-0.3, -0.25) is 4.79 Å². The Labute approximate surface area is 75.5 Å². The molecule has 12 heavy (non-hydrogen) atoms. The van der Waals surface area contributed by atoms with Gasteiger partial charge in [0, 0.05) is 8.06 Å². The second-order valence-electron chi connectivity index (χ2n) is 1.78. The van der Waals surface area contributed by atoms with Crippen LogP contribution in [0.4, 0.5) is 0 Å². The molecule has 0 saturated heterocycles. The van der Waals surface area contributed by atoms with Crippen molar-refractivity contribution in [2.24, 2.45) is 4.74 Å². The highest BCUT2D eigenvalue weighted by molar-refractivity contribution is 7.97. The van der Waals surface area contributed by atoms with Crippen molar-refractivity contribution in [3.63, 3.8) is 0 Å². The Morgan fingerprint density at radius 1 is 1.67 bits per heavy atom. The molecule has 0 aliphatic heterocycles. The van der Waals surface area contributed by atoms with Crippen LogP contribution in [0.3, 0.4) is 0 Å². The van der Waals surface area contributed by atoms with Gasteiger partial charge in [0.1, 0.15) is 0 Å². The molecule has 0 saturated carbocycles. The van der Waals surface area contributed by atoms with Crippen LogP contribution in [0.1, 0.15) is 6.42 Å². The summed E-state index contributed by atoms with van der Waals surface area (Å²) in [5, 5.41) is 8.53. The monoisotopic (exact) mass is 227 g/mol. The fraction of sp³-hybridized carbons (Fsp3) is 0.500. The Kier molecular flexibility index (Phi) is 6.37. The Morgan fingerprint density at radius 3 is 2.58 bits per heavy atom. The predicted molar refractivity (Wildman–Crippen MR) is 50.9 cm³/mol. The van der Waals surface area contributed by atoms with Gasteiger partial charge < -0.3 is 9.63 Å². The average molecular weight is 227 g/mol. The van der Waals surface area contributed by atoms with E-state index in [0.29, 0.717) is 8.06 Å². The molecule has 3 atom stereocenters. The molecule has 0 bridgehead atoms. The van der Waals surface area contributed by atoms with Gasteiger partial charge >= 0.3 is 11.9 Å². The molecule has 8 heteroatoms. The molecular weight excluding hydrogens is 219 g/mol. The van der Waals surface area contributed by atoms with Gasteiger partial charge in [0.2, 0.25) is 0 Å². The second kappa shape index (κ2) is 6.42. The summed E-state index contributed by atoms with van der Waals surface area (Å²) >= 11 is 0. The van der Waals surface area contributed by atoms with Crippen LogP contribution in [0.2, 0.25) is 0 Å². The van der Waals surface area contributed by atoms with Crippen molar-refractivity contribution >= 4 is 38.4 Å². The fourth-order valence-corrected chi connectivity index (χ4v) is 1.38. The fourth-order valence-electron chi connectivity index (χ4n) is 0.464. The normalized spacial score (nSPS) is 12.8. The summed E-state index contributed by atoms with van der Waals surface area (Å²) in [6.45, 7) is 0. The highest BCUT2D eigenvalue weighted by Gasteiger charge is 2.19. The molecule has 68 valence electrons. The number of hydrogen-bond acceptors (Lipinski definition) is 4. The largest absolute Gasteiger partial charge is 0.480 e. The molecule has 0 radical (unpaired) electrons. The Bertz CT molecular complexity index is 206. The van der Waals surface area contributed by atoms with E-state index in [4.69, 9.17) is 5.11 Å². The zero-order chi connectivity index (χ0) is 9.56. The molecule has 0 amide bonds. The topological polar surface area (TPSA) is 76.0 Å². The van der Waals surface area contributed by atoms with Crippen LogP contribution < -0.4 is 0 Å². The summed E-state index contributed by atoms with van der Waals surface area (Å²) in [7, 11) is 4.50. The molecule has 1 N–H and O–H groups in total. The van der Waals surface area contributed by atoms with Crippen molar-refractivity contribution in [1.82, 2.24) is 0 Å². The van der Waals surface area contributed by atoms with Crippen molar-refractivity contribution in [2.45, 2.75) is 12.5 Å². The van der Waals surface area contributed by atoms with Crippen LogP contribution in [0.25, 0.3) is 0 Å². The minimum atomic E-state index is -1.12. The summed E-state index contributed by atoms with van der Waals surface area (Å²) in [6, 6.07) is -1.02. The van der Waals surface area contributed by atoms with Crippen molar-refractivity contribution in [3.8, 4) is 0 Å². The maximum absolute atomic E-state index is 10.6. The first-order chi connectivity index (χ1) is 5.61. The van der Waals surface area contributed by atoms with Crippen molar-refractivity contribution in [1.29, 1.82) is 0 Å². The second-order valence-corrected chi connectivity index (χ2v) is 3.17. The van der Waals surface area contributed by atoms with E-state index in [-0.39, 0.29) is 6.42 Å². The first-order valence-electron chi connectivity index (χ1n) is 2.84. The molecular formula is C4H8NO4P3. The van der Waals surface area contributed by atoms with Gasteiger partial charge in [0.15, 0.2) is 6.04 Å². The summed E-state index contributed by atoms with van der Waals surface area (Å²) in [6.07, 6.45) is -0.236. The van der Waals surface area contributed by atoms with Gasteiger partial charge in [-0.2, -0.15) is 0 Å². The number of nitrogens with zero attached hydrogens (tertiary/aromatic N) is 1. The van der Waals surface area contributed by atoms with E-state index < -0.39 is 18.0 Å². The average Bonchev–Trinajstić information content (AvgIpc) is 2.03. The van der Waals surface area contributed by atoms with E-state index in [0.717, 1.165) is 0 Å². The number of carboxylic acid groups (broad SMARTS) is 1. The summed E-state index contributed by atoms with van der Waals surface area (Å²) in [5.41, 5.74) is 0. The number of hydrogen-bond donors (Lipinski definition) is 1. The predicted octanol–water partition coefficient (Wildman–Crippen LogP) is 1.08. The van der Waals surface area contributed by atoms with E-state index in [1.807, 2.05) is 0 Å². The van der Waals surface area contributed by atoms with Gasteiger partial charge in [0.05, 0.1) is 15.9 Å². The van der Waals surface area contributed by atoms with E-state index >= 15 is 0 Å². The van der Waals surface area contributed by atoms with Gasteiger partial charge in [-0.15, -0.1) is 0 Å². The summed E-state index contributed by atoms with van der Waals surface area (Å²) < 4.78 is 7.86. The SMILES string of the molecule is O=C(C[C@H](N=PP)C(=O)O)OP. The molecule has 0 aromatic carbocycles. The highest BCUT2D eigenvalue weighted by atomic mass is 32.0. The maximum Gasteiger partial charge on any atom is 0.329 e. The van der Waals surface area contributed by atoms with Crippen molar-refractivity contribution in [2.75, 3.05) is 0 Å². The van der Waals surface area contributed by atoms with Crippen LogP contribution in [-0.4, -0.2) is 23.1 Å². The first-order valence-corrected chi connectivity index (χ1v) is 5.78. The third kappa shape index (κ3) is 4.71. The molecule has 0 aliphatic carbocycles. The van der Waals surface area contributed by atoms with Gasteiger partial charge in [-0.05, 0) is 0 Å². The van der Waals surface area contributed by atoms with Crippen LogP contribution in [0, 0.1) is 0 Å². The number of rotatable bonds is 4. The molecule has 0 heterocycles. The summed E-state index contributed by atoms with van der Waals surface area (Å²) in [4.78, 5) is 21.0. The highest BCUT2D eigenvalue weighted by Crippen LogP contribution is 2.15. The molecule has 0 aromatic heterocycles. The molecule has 0 rings (SSSR count). The lowest BCUT2D eigenvalue weighted by Gasteiger charge is -2.03. The minimum absolute atomic E-state index is 0.236. The van der Waals surface area contributed by atoms with Crippen LogP contribution >= 0.6 is 26.5 Å². The molecule has 2 unspecified atom stereocenters. The molecule has 0 aromatic rings. The van der Waals surface area contributed by atoms with E-state index in [1.165, 1.54) is 0 Å². The third-order valence-electron chi connectivity index (χ3n) is 0.983. The van der Waals surface area contributed by atoms with Crippen LogP contribution in [0.15, 0.2) is 4.74 Å². The number of aliphatic carboxylic acids is 1. The van der Waals surface area contributed by atoms with Gasteiger partial charge in [0.25, 0.3) is 0 Å². The van der Waals surface area contributed by atoms with E-state index in [2.05, 4.69) is 18.2 Å². The quantitative estimate of drug-likeness (QED) is 0.729. The lowest BCUT2D eigenvalue weighted by Crippen LogP contribution is -2.20. The Balaban J connectivity index is 4.13. The lowest BCUT2D eigenvalue weighted by molar-refractivity contribution is -0.143. The smallest absolute Gasteiger partial charge is 0.329 e. The van der Waals surface area contributed by atoms with Crippen LogP contribution in [-0.2, 0) is 14.1 Å². The van der Waals surface area contributed by atoms with E-state index in [9.17, 15) is 9.59 Å². The van der Waals surface area contributed by atoms with E-state index in [1.54, 1.807) is 9.47 Å². The number of carbonyl (C=O) groups is 2. The Morgan fingerprint density at radius 2 is 2.25 bits per heavy atom. The van der Waals surface area contributed by atoms with Crippen molar-refractivity contribution < 1.29 is 19.2 Å². The molecule has 0 fully saturated rings.